The van der Waals surface area contributed by atoms with Gasteiger partial charge in [0.15, 0.2) is 17.5 Å². The Morgan fingerprint density at radius 1 is 0.288 bits per heavy atom. The van der Waals surface area contributed by atoms with Crippen molar-refractivity contribution in [3.05, 3.63) is 224 Å². The average molecular weight is 846 g/mol. The van der Waals surface area contributed by atoms with Gasteiger partial charge >= 0.3 is 0 Å². The van der Waals surface area contributed by atoms with Gasteiger partial charge in [-0.25, -0.2) is 15.0 Å². The summed E-state index contributed by atoms with van der Waals surface area (Å²) in [6, 6.07) is 70.1. The molecule has 0 saturated carbocycles. The quantitative estimate of drug-likeness (QED) is 0.160. The summed E-state index contributed by atoms with van der Waals surface area (Å²) in [7, 11) is 0. The first-order valence-electron chi connectivity index (χ1n) is 22.5. The molecule has 0 atom stereocenters. The Labute approximate surface area is 380 Å². The molecule has 0 fully saturated rings. The Morgan fingerprint density at radius 3 is 1.52 bits per heavy atom. The number of allylic oxidation sites excluding steroid dienone is 4. The van der Waals surface area contributed by atoms with E-state index in [2.05, 4.69) is 164 Å². The highest BCUT2D eigenvalue weighted by molar-refractivity contribution is 6.17. The van der Waals surface area contributed by atoms with Crippen molar-refractivity contribution in [1.29, 1.82) is 0 Å². The van der Waals surface area contributed by atoms with E-state index >= 15 is 0 Å². The molecular formula is C61H39N3O2. The molecule has 0 spiro atoms. The molecule has 1 aliphatic rings. The Balaban J connectivity index is 0.883. The van der Waals surface area contributed by atoms with Crippen LogP contribution in [0.1, 0.15) is 24.2 Å². The third-order valence-electron chi connectivity index (χ3n) is 13.1. The van der Waals surface area contributed by atoms with Crippen LogP contribution in [0.3, 0.4) is 0 Å². The van der Waals surface area contributed by atoms with E-state index in [0.29, 0.717) is 17.5 Å². The van der Waals surface area contributed by atoms with Crippen LogP contribution in [0.4, 0.5) is 0 Å². The van der Waals surface area contributed by atoms with Gasteiger partial charge in [0.2, 0.25) is 0 Å². The number of nitrogens with zero attached hydrogens (tertiary/aromatic N) is 3. The van der Waals surface area contributed by atoms with Gasteiger partial charge < -0.3 is 8.83 Å². The third-order valence-corrected chi connectivity index (χ3v) is 13.1. The summed E-state index contributed by atoms with van der Waals surface area (Å²) in [5.74, 6) is 1.96. The van der Waals surface area contributed by atoms with Crippen LogP contribution >= 0.6 is 0 Å². The molecule has 0 aliphatic heterocycles. The van der Waals surface area contributed by atoms with Gasteiger partial charge in [0.25, 0.3) is 0 Å². The molecule has 66 heavy (non-hydrogen) atoms. The summed E-state index contributed by atoms with van der Waals surface area (Å²) < 4.78 is 12.8. The summed E-state index contributed by atoms with van der Waals surface area (Å²) in [6.07, 6.45) is 6.09. The number of fused-ring (bicyclic) bond motifs is 7. The molecule has 0 N–H and O–H groups in total. The molecule has 0 amide bonds. The molecule has 3 aromatic heterocycles. The van der Waals surface area contributed by atoms with Gasteiger partial charge in [-0.2, -0.15) is 0 Å². The topological polar surface area (TPSA) is 65.0 Å². The molecule has 1 aliphatic carbocycles. The van der Waals surface area contributed by atoms with Crippen molar-refractivity contribution >= 4 is 65.8 Å². The number of aromatic nitrogens is 3. The molecule has 0 saturated heterocycles. The van der Waals surface area contributed by atoms with Gasteiger partial charge in [-0.05, 0) is 104 Å². The maximum absolute atomic E-state index is 6.52. The van der Waals surface area contributed by atoms with E-state index in [9.17, 15) is 0 Å². The molecule has 0 radical (unpaired) electrons. The van der Waals surface area contributed by atoms with Crippen molar-refractivity contribution in [2.45, 2.75) is 12.8 Å². The van der Waals surface area contributed by atoms with Crippen LogP contribution in [-0.2, 0) is 0 Å². The highest BCUT2D eigenvalue weighted by Gasteiger charge is 2.21. The number of benzene rings is 9. The normalized spacial score (nSPS) is 12.9. The lowest BCUT2D eigenvalue weighted by Crippen LogP contribution is -2.04. The van der Waals surface area contributed by atoms with Crippen molar-refractivity contribution in [1.82, 2.24) is 15.0 Å². The van der Waals surface area contributed by atoms with Crippen molar-refractivity contribution in [3.8, 4) is 56.2 Å². The minimum absolute atomic E-state index is 0.627. The van der Waals surface area contributed by atoms with E-state index in [1.807, 2.05) is 48.5 Å². The second-order valence-corrected chi connectivity index (χ2v) is 17.0. The molecule has 5 nitrogen and oxygen atoms in total. The lowest BCUT2D eigenvalue weighted by Gasteiger charge is -2.18. The molecule has 0 unspecified atom stereocenters. The minimum Gasteiger partial charge on any atom is -0.456 e. The van der Waals surface area contributed by atoms with Crippen molar-refractivity contribution in [2.75, 3.05) is 0 Å². The standard InChI is InChI=1S/C61H39N3O2/c1-3-13-38(14-4-1)39-27-29-40(30-28-39)44-35-36-54-52(37-44)57-49(22-11-25-55(57)66-54)48-21-10-19-46-45(18-9-20-47(46)48)41-31-33-43(34-32-41)60-62-59(42-15-5-2-6-16-42)63-61(64-60)51-23-12-26-56-58(51)50-17-7-8-24-53(50)65-56/h1-31,33,35-37H,32,34H2. The van der Waals surface area contributed by atoms with Crippen LogP contribution in [0.2, 0.25) is 0 Å². The van der Waals surface area contributed by atoms with Gasteiger partial charge in [-0.15, -0.1) is 0 Å². The maximum Gasteiger partial charge on any atom is 0.164 e. The van der Waals surface area contributed by atoms with E-state index in [-0.39, 0.29) is 0 Å². The highest BCUT2D eigenvalue weighted by atomic mass is 16.3. The lowest BCUT2D eigenvalue weighted by molar-refractivity contribution is 0.668. The van der Waals surface area contributed by atoms with E-state index in [4.69, 9.17) is 23.8 Å². The molecule has 0 bridgehead atoms. The zero-order valence-corrected chi connectivity index (χ0v) is 35.8. The van der Waals surface area contributed by atoms with Gasteiger partial charge in [0, 0.05) is 32.7 Å². The van der Waals surface area contributed by atoms with Crippen LogP contribution in [0, 0.1) is 0 Å². The highest BCUT2D eigenvalue weighted by Crippen LogP contribution is 2.43. The Kier molecular flexibility index (Phi) is 8.91. The number of rotatable bonds is 7. The van der Waals surface area contributed by atoms with E-state index in [1.54, 1.807) is 0 Å². The van der Waals surface area contributed by atoms with Crippen LogP contribution in [0.5, 0.6) is 0 Å². The second kappa shape index (κ2) is 15.5. The third kappa shape index (κ3) is 6.43. The summed E-state index contributed by atoms with van der Waals surface area (Å²) in [4.78, 5) is 15.4. The molecule has 13 rings (SSSR count). The Bertz CT molecular complexity index is 3920. The van der Waals surface area contributed by atoms with Crippen molar-refractivity contribution in [3.63, 3.8) is 0 Å². The average Bonchev–Trinajstić information content (AvgIpc) is 3.97. The monoisotopic (exact) mass is 845 g/mol. The van der Waals surface area contributed by atoms with Gasteiger partial charge in [-0.3, -0.25) is 0 Å². The number of hydrogen-bond donors (Lipinski definition) is 0. The zero-order valence-electron chi connectivity index (χ0n) is 35.8. The molecular weight excluding hydrogens is 807 g/mol. The number of para-hydroxylation sites is 1. The first-order valence-corrected chi connectivity index (χ1v) is 22.5. The van der Waals surface area contributed by atoms with Crippen LogP contribution in [0.25, 0.3) is 122 Å². The first-order chi connectivity index (χ1) is 32.7. The maximum atomic E-state index is 6.52. The molecule has 5 heteroatoms. The fourth-order valence-corrected chi connectivity index (χ4v) is 9.91. The summed E-state index contributed by atoms with van der Waals surface area (Å²) >= 11 is 0. The first kappa shape index (κ1) is 37.8. The smallest absolute Gasteiger partial charge is 0.164 e. The zero-order chi connectivity index (χ0) is 43.6. The van der Waals surface area contributed by atoms with Crippen LogP contribution in [-0.4, -0.2) is 15.0 Å². The largest absolute Gasteiger partial charge is 0.456 e. The second-order valence-electron chi connectivity index (χ2n) is 17.0. The summed E-state index contributed by atoms with van der Waals surface area (Å²) in [5, 5.41) is 6.71. The predicted molar refractivity (Wildman–Crippen MR) is 271 cm³/mol. The fraction of sp³-hybridized carbons (Fsp3) is 0.0328. The van der Waals surface area contributed by atoms with E-state index in [0.717, 1.165) is 84.5 Å². The predicted octanol–water partition coefficient (Wildman–Crippen LogP) is 16.4. The Morgan fingerprint density at radius 2 is 0.773 bits per heavy atom. The fourth-order valence-electron chi connectivity index (χ4n) is 9.91. The summed E-state index contributed by atoms with van der Waals surface area (Å²) in [6.45, 7) is 0. The molecule has 9 aromatic carbocycles. The van der Waals surface area contributed by atoms with Crippen LogP contribution in [0.15, 0.2) is 221 Å². The van der Waals surface area contributed by atoms with Crippen molar-refractivity contribution in [2.24, 2.45) is 0 Å². The van der Waals surface area contributed by atoms with Gasteiger partial charge in [-0.1, -0.05) is 182 Å². The number of furan rings is 2. The minimum atomic E-state index is 0.627. The van der Waals surface area contributed by atoms with Crippen molar-refractivity contribution < 1.29 is 8.83 Å². The van der Waals surface area contributed by atoms with Gasteiger partial charge in [0.05, 0.1) is 0 Å². The Hall–Kier alpha value is -8.67. The van der Waals surface area contributed by atoms with Crippen LogP contribution < -0.4 is 0 Å². The summed E-state index contributed by atoms with van der Waals surface area (Å²) in [5.41, 5.74) is 16.0. The SMILES string of the molecule is C1=C(c2nc(-c3ccccc3)nc(-c3cccc4oc5ccccc5c34)n2)CCC(c2cccc3c(-c4cccc5oc6ccc(-c7ccc(-c8ccccc8)cc7)cc6c45)cccc23)=C1. The number of hydrogen-bond acceptors (Lipinski definition) is 5. The van der Waals surface area contributed by atoms with E-state index in [1.165, 1.54) is 44.2 Å². The lowest BCUT2D eigenvalue weighted by atomic mass is 9.87. The molecule has 310 valence electrons. The van der Waals surface area contributed by atoms with Gasteiger partial charge in [0.1, 0.15) is 22.3 Å². The molecule has 3 heterocycles. The molecule has 12 aromatic rings. The van der Waals surface area contributed by atoms with E-state index < -0.39 is 0 Å².